The van der Waals surface area contributed by atoms with Crippen LogP contribution in [0.15, 0.2) is 34.7 Å². The van der Waals surface area contributed by atoms with Gasteiger partial charge in [0.25, 0.3) is 0 Å². The van der Waals surface area contributed by atoms with E-state index in [1.165, 1.54) is 0 Å². The van der Waals surface area contributed by atoms with Crippen molar-refractivity contribution in [3.8, 4) is 0 Å². The largest absolute Gasteiger partial charge is 0.374 e. The summed E-state index contributed by atoms with van der Waals surface area (Å²) < 4.78 is 26.8. The summed E-state index contributed by atoms with van der Waals surface area (Å²) in [5.74, 6) is 0. The number of rotatable bonds is 8. The van der Waals surface area contributed by atoms with Crippen molar-refractivity contribution in [1.82, 2.24) is 0 Å². The van der Waals surface area contributed by atoms with Gasteiger partial charge in [0.2, 0.25) is 0 Å². The summed E-state index contributed by atoms with van der Waals surface area (Å²) in [6.45, 7) is 9.08. The van der Waals surface area contributed by atoms with Crippen molar-refractivity contribution in [2.45, 2.75) is 45.2 Å². The monoisotopic (exact) mass is 311 g/mol. The molecule has 5 heteroatoms. The highest BCUT2D eigenvalue weighted by atomic mass is 32.2. The van der Waals surface area contributed by atoms with Gasteiger partial charge in [0.05, 0.1) is 18.0 Å². The van der Waals surface area contributed by atoms with Crippen molar-refractivity contribution in [2.75, 3.05) is 13.2 Å². The van der Waals surface area contributed by atoms with Crippen LogP contribution in [0.2, 0.25) is 0 Å². The summed E-state index contributed by atoms with van der Waals surface area (Å²) in [5.41, 5.74) is 1.11. The van der Waals surface area contributed by atoms with E-state index in [9.17, 15) is 4.21 Å². The maximum atomic E-state index is 11.9. The SMILES string of the molecule is CCO[C@@H](/C=N/[S@](=O)C(C)(C)C)COCc1ccccc1. The van der Waals surface area contributed by atoms with Gasteiger partial charge in [0, 0.05) is 12.8 Å². The maximum Gasteiger partial charge on any atom is 0.144 e. The van der Waals surface area contributed by atoms with Crippen LogP contribution in [0.25, 0.3) is 0 Å². The molecular weight excluding hydrogens is 286 g/mol. The van der Waals surface area contributed by atoms with Crippen molar-refractivity contribution in [3.05, 3.63) is 35.9 Å². The summed E-state index contributed by atoms with van der Waals surface area (Å²) in [7, 11) is -1.27. The summed E-state index contributed by atoms with van der Waals surface area (Å²) in [4.78, 5) is 0. The molecule has 0 radical (unpaired) electrons. The van der Waals surface area contributed by atoms with Crippen LogP contribution in [-0.2, 0) is 27.1 Å². The summed E-state index contributed by atoms with van der Waals surface area (Å²) in [6.07, 6.45) is 1.32. The lowest BCUT2D eigenvalue weighted by atomic mass is 10.2. The first-order chi connectivity index (χ1) is 9.93. The highest BCUT2D eigenvalue weighted by molar-refractivity contribution is 7.85. The molecule has 1 rings (SSSR count). The second-order valence-corrected chi connectivity index (χ2v) is 7.54. The normalized spacial score (nSPS) is 15.2. The fraction of sp³-hybridized carbons (Fsp3) is 0.562. The van der Waals surface area contributed by atoms with Crippen LogP contribution in [0.5, 0.6) is 0 Å². The minimum absolute atomic E-state index is 0.273. The van der Waals surface area contributed by atoms with Crippen LogP contribution >= 0.6 is 0 Å². The van der Waals surface area contributed by atoms with Gasteiger partial charge in [-0.1, -0.05) is 30.3 Å². The van der Waals surface area contributed by atoms with Crippen molar-refractivity contribution < 1.29 is 13.7 Å². The number of nitrogens with zero attached hydrogens (tertiary/aromatic N) is 1. The van der Waals surface area contributed by atoms with E-state index in [1.54, 1.807) is 6.21 Å². The highest BCUT2D eigenvalue weighted by Gasteiger charge is 2.19. The van der Waals surface area contributed by atoms with Gasteiger partial charge < -0.3 is 9.47 Å². The molecule has 1 aromatic rings. The number of hydrogen-bond acceptors (Lipinski definition) is 3. The van der Waals surface area contributed by atoms with Gasteiger partial charge in [0.1, 0.15) is 17.1 Å². The van der Waals surface area contributed by atoms with Crippen LogP contribution in [-0.4, -0.2) is 34.5 Å². The van der Waals surface area contributed by atoms with E-state index in [-0.39, 0.29) is 10.9 Å². The summed E-state index contributed by atoms with van der Waals surface area (Å²) in [6, 6.07) is 9.96. The van der Waals surface area contributed by atoms with Gasteiger partial charge in [-0.05, 0) is 33.3 Å². The Bertz CT molecular complexity index is 454. The predicted octanol–water partition coefficient (Wildman–Crippen LogP) is 3.14. The smallest absolute Gasteiger partial charge is 0.144 e. The van der Waals surface area contributed by atoms with Gasteiger partial charge in [-0.2, -0.15) is 4.40 Å². The molecule has 0 saturated heterocycles. The highest BCUT2D eigenvalue weighted by Crippen LogP contribution is 2.12. The molecule has 0 bridgehead atoms. The first-order valence-corrected chi connectivity index (χ1v) is 8.23. The molecule has 0 amide bonds. The third-order valence-corrected chi connectivity index (χ3v) is 3.98. The zero-order valence-corrected chi connectivity index (χ0v) is 14.1. The first kappa shape index (κ1) is 18.0. The molecular formula is C16H25NO3S. The molecule has 0 N–H and O–H groups in total. The van der Waals surface area contributed by atoms with Crippen molar-refractivity contribution in [2.24, 2.45) is 4.40 Å². The second-order valence-electron chi connectivity index (χ2n) is 5.61. The van der Waals surface area contributed by atoms with Crippen LogP contribution in [0.4, 0.5) is 0 Å². The molecule has 0 aliphatic carbocycles. The van der Waals surface area contributed by atoms with E-state index in [4.69, 9.17) is 9.47 Å². The third-order valence-electron chi connectivity index (χ3n) is 2.62. The fourth-order valence-corrected chi connectivity index (χ4v) is 2.06. The molecule has 0 aromatic heterocycles. The van der Waals surface area contributed by atoms with E-state index >= 15 is 0 Å². The van der Waals surface area contributed by atoms with E-state index < -0.39 is 11.0 Å². The molecule has 0 spiro atoms. The molecule has 21 heavy (non-hydrogen) atoms. The zero-order valence-electron chi connectivity index (χ0n) is 13.2. The molecule has 1 aromatic carbocycles. The van der Waals surface area contributed by atoms with Gasteiger partial charge >= 0.3 is 0 Å². The average molecular weight is 311 g/mol. The van der Waals surface area contributed by atoms with Crippen LogP contribution in [0.3, 0.4) is 0 Å². The summed E-state index contributed by atoms with van der Waals surface area (Å²) >= 11 is 0. The molecule has 0 saturated carbocycles. The minimum atomic E-state index is -1.27. The molecule has 2 atom stereocenters. The first-order valence-electron chi connectivity index (χ1n) is 7.13. The Morgan fingerprint density at radius 1 is 1.29 bits per heavy atom. The molecule has 0 fully saturated rings. The Labute approximate surface area is 130 Å². The van der Waals surface area contributed by atoms with Crippen LogP contribution < -0.4 is 0 Å². The lowest BCUT2D eigenvalue weighted by molar-refractivity contribution is 0.0189. The fourth-order valence-electron chi connectivity index (χ4n) is 1.50. The van der Waals surface area contributed by atoms with Gasteiger partial charge in [-0.25, -0.2) is 4.21 Å². The third kappa shape index (κ3) is 7.50. The Kier molecular flexibility index (Phi) is 7.78. The van der Waals surface area contributed by atoms with E-state index in [0.29, 0.717) is 19.8 Å². The average Bonchev–Trinajstić information content (AvgIpc) is 2.44. The van der Waals surface area contributed by atoms with Crippen molar-refractivity contribution >= 4 is 17.2 Å². The number of benzene rings is 1. The molecule has 0 unspecified atom stereocenters. The van der Waals surface area contributed by atoms with Gasteiger partial charge in [-0.15, -0.1) is 0 Å². The topological polar surface area (TPSA) is 47.9 Å². The maximum absolute atomic E-state index is 11.9. The van der Waals surface area contributed by atoms with E-state index in [0.717, 1.165) is 5.56 Å². The summed E-state index contributed by atoms with van der Waals surface area (Å²) in [5, 5.41) is 0. The van der Waals surface area contributed by atoms with E-state index in [1.807, 2.05) is 58.0 Å². The standard InChI is InChI=1S/C16H25NO3S/c1-5-20-15(11-17-21(18)16(2,3)4)13-19-12-14-9-7-6-8-10-14/h6-11,15H,5,12-13H2,1-4H3/b17-11+/t15-,21+/m0/s1. The number of ether oxygens (including phenoxy) is 2. The molecule has 0 aliphatic heterocycles. The lowest BCUT2D eigenvalue weighted by Gasteiger charge is -2.15. The lowest BCUT2D eigenvalue weighted by Crippen LogP contribution is -2.24. The predicted molar refractivity (Wildman–Crippen MR) is 87.9 cm³/mol. The number of hydrogen-bond donors (Lipinski definition) is 0. The Hall–Kier alpha value is -1.04. The van der Waals surface area contributed by atoms with Gasteiger partial charge in [-0.3, -0.25) is 0 Å². The van der Waals surface area contributed by atoms with E-state index in [2.05, 4.69) is 4.40 Å². The quantitative estimate of drug-likeness (QED) is 0.693. The molecule has 4 nitrogen and oxygen atoms in total. The van der Waals surface area contributed by atoms with Crippen LogP contribution in [0.1, 0.15) is 33.3 Å². The van der Waals surface area contributed by atoms with Gasteiger partial charge in [0.15, 0.2) is 0 Å². The Balaban J connectivity index is 2.46. The molecule has 0 heterocycles. The Morgan fingerprint density at radius 3 is 2.52 bits per heavy atom. The van der Waals surface area contributed by atoms with Crippen molar-refractivity contribution in [1.29, 1.82) is 0 Å². The van der Waals surface area contributed by atoms with Crippen molar-refractivity contribution in [3.63, 3.8) is 0 Å². The molecule has 0 aliphatic rings. The zero-order chi connectivity index (χ0) is 15.7. The Morgan fingerprint density at radius 2 is 1.95 bits per heavy atom. The minimum Gasteiger partial charge on any atom is -0.374 e. The second kappa shape index (κ2) is 9.07. The molecule has 118 valence electrons. The van der Waals surface area contributed by atoms with Crippen LogP contribution in [0, 0.1) is 0 Å².